The van der Waals surface area contributed by atoms with Crippen LogP contribution in [0.3, 0.4) is 0 Å². The second-order valence-corrected chi connectivity index (χ2v) is 4.96. The van der Waals surface area contributed by atoms with Crippen LogP contribution in [0.4, 0.5) is 5.82 Å². The van der Waals surface area contributed by atoms with Crippen molar-refractivity contribution in [3.8, 4) is 0 Å². The number of rotatable bonds is 3. The quantitative estimate of drug-likeness (QED) is 0.838. The molecule has 3 heterocycles. The Labute approximate surface area is 117 Å². The summed E-state index contributed by atoms with van der Waals surface area (Å²) in [6.07, 6.45) is 2.50. The molecule has 1 saturated heterocycles. The van der Waals surface area contributed by atoms with Gasteiger partial charge < -0.3 is 14.2 Å². The summed E-state index contributed by atoms with van der Waals surface area (Å²) in [5, 5.41) is 3.87. The van der Waals surface area contributed by atoms with Crippen molar-refractivity contribution in [2.75, 3.05) is 18.6 Å². The van der Waals surface area contributed by atoms with Crippen LogP contribution in [0.2, 0.25) is 0 Å². The molecule has 2 unspecified atom stereocenters. The van der Waals surface area contributed by atoms with Crippen LogP contribution < -0.4 is 4.90 Å². The van der Waals surface area contributed by atoms with Crippen molar-refractivity contribution in [2.24, 2.45) is 0 Å². The topological polar surface area (TPSA) is 77.2 Å². The molecule has 7 nitrogen and oxygen atoms in total. The Kier molecular flexibility index (Phi) is 3.35. The summed E-state index contributed by atoms with van der Waals surface area (Å²) in [6, 6.07) is 1.95. The zero-order valence-electron chi connectivity index (χ0n) is 11.8. The lowest BCUT2D eigenvalue weighted by molar-refractivity contribution is 0.117. The van der Waals surface area contributed by atoms with Gasteiger partial charge in [0.25, 0.3) is 0 Å². The molecule has 1 aliphatic rings. The molecule has 7 heteroatoms. The molecular weight excluding hydrogens is 258 g/mol. The number of methoxy groups -OCH3 is 1. The van der Waals surface area contributed by atoms with Gasteiger partial charge in [-0.1, -0.05) is 5.16 Å². The maximum atomic E-state index is 5.48. The number of nitrogens with zero attached hydrogens (tertiary/aromatic N) is 5. The molecule has 2 atom stereocenters. The predicted molar refractivity (Wildman–Crippen MR) is 71.3 cm³/mol. The minimum atomic E-state index is -0.00421. The zero-order chi connectivity index (χ0) is 14.1. The number of ether oxygens (including phenoxy) is 1. The molecule has 0 radical (unpaired) electrons. The fourth-order valence-corrected chi connectivity index (χ4v) is 2.50. The maximum absolute atomic E-state index is 5.48. The molecule has 1 fully saturated rings. The second kappa shape index (κ2) is 5.16. The highest BCUT2D eigenvalue weighted by Gasteiger charge is 2.37. The third kappa shape index (κ3) is 2.36. The summed E-state index contributed by atoms with van der Waals surface area (Å²) < 4.78 is 10.8. The fourth-order valence-electron chi connectivity index (χ4n) is 2.50. The van der Waals surface area contributed by atoms with E-state index in [-0.39, 0.29) is 12.1 Å². The Balaban J connectivity index is 1.94. The van der Waals surface area contributed by atoms with Crippen LogP contribution in [0.1, 0.15) is 29.9 Å². The Morgan fingerprint density at radius 2 is 2.20 bits per heavy atom. The van der Waals surface area contributed by atoms with Gasteiger partial charge in [0.05, 0.1) is 6.10 Å². The molecule has 0 bridgehead atoms. The van der Waals surface area contributed by atoms with E-state index in [4.69, 9.17) is 9.26 Å². The smallest absolute Gasteiger partial charge is 0.249 e. The van der Waals surface area contributed by atoms with Crippen molar-refractivity contribution in [3.63, 3.8) is 0 Å². The summed E-state index contributed by atoms with van der Waals surface area (Å²) in [6.45, 7) is 4.51. The lowest BCUT2D eigenvalue weighted by Crippen LogP contribution is -2.26. The summed E-state index contributed by atoms with van der Waals surface area (Å²) in [7, 11) is 1.72. The summed E-state index contributed by atoms with van der Waals surface area (Å²) in [4.78, 5) is 15.0. The molecule has 0 amide bonds. The van der Waals surface area contributed by atoms with Crippen molar-refractivity contribution in [3.05, 3.63) is 29.8 Å². The molecular formula is C13H17N5O2. The highest BCUT2D eigenvalue weighted by molar-refractivity contribution is 5.42. The SMILES string of the molecule is COC1CC(c2nc(C)no2)N(c2cc(C)ncn2)C1. The largest absolute Gasteiger partial charge is 0.380 e. The molecule has 0 aromatic carbocycles. The van der Waals surface area contributed by atoms with Gasteiger partial charge in [0.2, 0.25) is 5.89 Å². The van der Waals surface area contributed by atoms with Gasteiger partial charge in [0.1, 0.15) is 18.2 Å². The standard InChI is InChI=1S/C13H17N5O2/c1-8-4-12(15-7-14-8)18-6-10(19-3)5-11(18)13-16-9(2)17-20-13/h4,7,10-11H,5-6H2,1-3H3. The minimum Gasteiger partial charge on any atom is -0.380 e. The van der Waals surface area contributed by atoms with Crippen molar-refractivity contribution in [1.82, 2.24) is 20.1 Å². The first-order valence-corrected chi connectivity index (χ1v) is 6.55. The summed E-state index contributed by atoms with van der Waals surface area (Å²) in [5.41, 5.74) is 0.927. The lowest BCUT2D eigenvalue weighted by Gasteiger charge is -2.22. The Hall–Kier alpha value is -2.02. The van der Waals surface area contributed by atoms with E-state index in [1.165, 1.54) is 0 Å². The number of hydrogen-bond acceptors (Lipinski definition) is 7. The molecule has 2 aromatic heterocycles. The second-order valence-electron chi connectivity index (χ2n) is 4.96. The Bertz CT molecular complexity index is 600. The monoisotopic (exact) mass is 275 g/mol. The number of anilines is 1. The van der Waals surface area contributed by atoms with Gasteiger partial charge in [0, 0.05) is 31.8 Å². The van der Waals surface area contributed by atoms with E-state index in [2.05, 4.69) is 25.0 Å². The highest BCUT2D eigenvalue weighted by Crippen LogP contribution is 2.35. The van der Waals surface area contributed by atoms with E-state index >= 15 is 0 Å². The van der Waals surface area contributed by atoms with Gasteiger partial charge in [-0.05, 0) is 13.8 Å². The molecule has 1 aliphatic heterocycles. The van der Waals surface area contributed by atoms with Crippen LogP contribution in [-0.4, -0.2) is 39.9 Å². The van der Waals surface area contributed by atoms with Crippen molar-refractivity contribution in [1.29, 1.82) is 0 Å². The molecule has 2 aromatic rings. The average Bonchev–Trinajstić information content (AvgIpc) is 3.04. The van der Waals surface area contributed by atoms with E-state index in [1.54, 1.807) is 13.4 Å². The average molecular weight is 275 g/mol. The fraction of sp³-hybridized carbons (Fsp3) is 0.538. The third-order valence-corrected chi connectivity index (χ3v) is 3.51. The van der Waals surface area contributed by atoms with Crippen molar-refractivity contribution >= 4 is 5.82 Å². The first-order valence-electron chi connectivity index (χ1n) is 6.55. The molecule has 0 saturated carbocycles. The summed E-state index contributed by atoms with van der Waals surface area (Å²) in [5.74, 6) is 2.11. The van der Waals surface area contributed by atoms with Gasteiger partial charge in [-0.2, -0.15) is 4.98 Å². The molecule has 3 rings (SSSR count). The van der Waals surface area contributed by atoms with Crippen molar-refractivity contribution < 1.29 is 9.26 Å². The zero-order valence-corrected chi connectivity index (χ0v) is 11.8. The van der Waals surface area contributed by atoms with Crippen molar-refractivity contribution in [2.45, 2.75) is 32.4 Å². The van der Waals surface area contributed by atoms with E-state index in [0.29, 0.717) is 11.7 Å². The van der Waals surface area contributed by atoms with Gasteiger partial charge in [-0.15, -0.1) is 0 Å². The molecule has 0 aliphatic carbocycles. The van der Waals surface area contributed by atoms with E-state index in [1.807, 2.05) is 19.9 Å². The number of aryl methyl sites for hydroxylation is 2. The Morgan fingerprint density at radius 3 is 2.85 bits per heavy atom. The lowest BCUT2D eigenvalue weighted by atomic mass is 10.2. The van der Waals surface area contributed by atoms with Gasteiger partial charge in [-0.3, -0.25) is 0 Å². The van der Waals surface area contributed by atoms with Crippen LogP contribution in [0.15, 0.2) is 16.9 Å². The molecule has 0 N–H and O–H groups in total. The molecule has 20 heavy (non-hydrogen) atoms. The normalized spacial score (nSPS) is 22.4. The molecule has 106 valence electrons. The highest BCUT2D eigenvalue weighted by atomic mass is 16.5. The maximum Gasteiger partial charge on any atom is 0.249 e. The van der Waals surface area contributed by atoms with Crippen LogP contribution in [0, 0.1) is 13.8 Å². The van der Waals surface area contributed by atoms with E-state index in [0.717, 1.165) is 24.5 Å². The van der Waals surface area contributed by atoms with Crippen LogP contribution >= 0.6 is 0 Å². The predicted octanol–water partition coefficient (Wildman–Crippen LogP) is 1.44. The van der Waals surface area contributed by atoms with E-state index in [9.17, 15) is 0 Å². The van der Waals surface area contributed by atoms with Gasteiger partial charge in [0.15, 0.2) is 5.82 Å². The summed E-state index contributed by atoms with van der Waals surface area (Å²) >= 11 is 0. The third-order valence-electron chi connectivity index (χ3n) is 3.51. The van der Waals surface area contributed by atoms with Gasteiger partial charge in [-0.25, -0.2) is 9.97 Å². The van der Waals surface area contributed by atoms with Crippen LogP contribution in [0.5, 0.6) is 0 Å². The number of aromatic nitrogens is 4. The van der Waals surface area contributed by atoms with Gasteiger partial charge >= 0.3 is 0 Å². The first kappa shape index (κ1) is 13.0. The first-order chi connectivity index (χ1) is 9.67. The number of hydrogen-bond donors (Lipinski definition) is 0. The van der Waals surface area contributed by atoms with E-state index < -0.39 is 0 Å². The minimum absolute atomic E-state index is 0.00421. The van der Waals surface area contributed by atoms with Crippen LogP contribution in [0.25, 0.3) is 0 Å². The molecule has 0 spiro atoms. The van der Waals surface area contributed by atoms with Crippen LogP contribution in [-0.2, 0) is 4.74 Å². The Morgan fingerprint density at radius 1 is 1.35 bits per heavy atom.